The van der Waals surface area contributed by atoms with E-state index in [1.807, 2.05) is 42.5 Å². The third kappa shape index (κ3) is 7.14. The summed E-state index contributed by atoms with van der Waals surface area (Å²) in [5.41, 5.74) is 0.856. The van der Waals surface area contributed by atoms with Gasteiger partial charge in [-0.05, 0) is 36.8 Å². The van der Waals surface area contributed by atoms with Crippen molar-refractivity contribution in [3.05, 3.63) is 60.2 Å². The van der Waals surface area contributed by atoms with Gasteiger partial charge < -0.3 is 14.8 Å². The van der Waals surface area contributed by atoms with Crippen molar-refractivity contribution in [1.82, 2.24) is 5.32 Å². The molecule has 0 aromatic heterocycles. The molecule has 2 rings (SSSR count). The molecular weight excluding hydrogens is 347 g/mol. The maximum Gasteiger partial charge on any atom is 0.411 e. The molecule has 0 heterocycles. The van der Waals surface area contributed by atoms with E-state index in [4.69, 9.17) is 4.74 Å². The summed E-state index contributed by atoms with van der Waals surface area (Å²) < 4.78 is 46.0. The van der Waals surface area contributed by atoms with E-state index in [-0.39, 0.29) is 25.0 Å². The molecule has 0 aliphatic carbocycles. The molecule has 7 heteroatoms. The minimum atomic E-state index is -4.38. The molecule has 0 aliphatic rings. The Balaban J connectivity index is 1.78. The zero-order valence-electron chi connectivity index (χ0n) is 14.3. The summed E-state index contributed by atoms with van der Waals surface area (Å²) in [6.45, 7) is 0.169. The molecule has 0 saturated carbocycles. The van der Waals surface area contributed by atoms with Crippen molar-refractivity contribution in [3.8, 4) is 11.5 Å². The zero-order chi connectivity index (χ0) is 19.0. The maximum absolute atomic E-state index is 11.9. The second kappa shape index (κ2) is 9.24. The van der Waals surface area contributed by atoms with E-state index >= 15 is 0 Å². The Kier molecular flexibility index (Phi) is 7.03. The number of hydrogen-bond acceptors (Lipinski definition) is 3. The third-order valence-corrected chi connectivity index (χ3v) is 3.48. The Morgan fingerprint density at radius 2 is 1.65 bits per heavy atom. The molecule has 0 bridgehead atoms. The number of hydrogen-bond donors (Lipinski definition) is 1. The van der Waals surface area contributed by atoms with Crippen LogP contribution in [0.4, 0.5) is 13.2 Å². The lowest BCUT2D eigenvalue weighted by Crippen LogP contribution is -2.28. The smallest absolute Gasteiger partial charge is 0.411 e. The van der Waals surface area contributed by atoms with E-state index < -0.39 is 12.8 Å². The summed E-state index contributed by atoms with van der Waals surface area (Å²) in [6, 6.07) is 16.3. The van der Waals surface area contributed by atoms with Gasteiger partial charge in [0.05, 0.1) is 12.6 Å². The highest BCUT2D eigenvalue weighted by Crippen LogP contribution is 2.23. The van der Waals surface area contributed by atoms with Crippen LogP contribution in [0.25, 0.3) is 0 Å². The summed E-state index contributed by atoms with van der Waals surface area (Å²) in [5, 5.41) is 2.72. The van der Waals surface area contributed by atoms with Gasteiger partial charge in [-0.3, -0.25) is 4.79 Å². The molecule has 0 aliphatic heterocycles. The molecule has 26 heavy (non-hydrogen) atoms. The molecule has 1 N–H and O–H groups in total. The Bertz CT molecular complexity index is 687. The van der Waals surface area contributed by atoms with Gasteiger partial charge >= 0.3 is 6.18 Å². The number of benzene rings is 2. The highest BCUT2D eigenvalue weighted by atomic mass is 19.4. The fraction of sp³-hybridized carbons (Fsp3) is 0.316. The van der Waals surface area contributed by atoms with Crippen molar-refractivity contribution in [2.45, 2.75) is 25.6 Å². The molecule has 0 fully saturated rings. The second-order valence-electron chi connectivity index (χ2n) is 5.69. The average Bonchev–Trinajstić information content (AvgIpc) is 2.59. The molecular formula is C19H20F3NO3. The molecule has 0 unspecified atom stereocenters. The van der Waals surface area contributed by atoms with Crippen molar-refractivity contribution in [2.75, 3.05) is 13.2 Å². The van der Waals surface area contributed by atoms with Gasteiger partial charge in [-0.2, -0.15) is 13.2 Å². The van der Waals surface area contributed by atoms with Crippen molar-refractivity contribution in [1.29, 1.82) is 0 Å². The summed E-state index contributed by atoms with van der Waals surface area (Å²) in [5.74, 6) is 1.02. The Hall–Kier alpha value is -2.54. The van der Waals surface area contributed by atoms with E-state index in [1.165, 1.54) is 0 Å². The van der Waals surface area contributed by atoms with Crippen molar-refractivity contribution >= 4 is 5.91 Å². The number of nitrogens with one attached hydrogen (secondary N) is 1. The molecule has 140 valence electrons. The number of halogens is 3. The van der Waals surface area contributed by atoms with Gasteiger partial charge in [-0.25, -0.2) is 0 Å². The standard InChI is InChI=1S/C19H20F3NO3/c1-14(23-18(24)11-12-25-13-19(20,21)22)15-7-9-17(10-8-15)26-16-5-3-2-4-6-16/h2-10,14H,11-13H2,1H3,(H,23,24)/t14-/m0/s1. The van der Waals surface area contributed by atoms with E-state index in [2.05, 4.69) is 10.1 Å². The van der Waals surface area contributed by atoms with E-state index in [1.54, 1.807) is 19.1 Å². The van der Waals surface area contributed by atoms with Gasteiger partial charge in [0, 0.05) is 6.42 Å². The SMILES string of the molecule is C[C@H](NC(=O)CCOCC(F)(F)F)c1ccc(Oc2ccccc2)cc1. The first-order chi connectivity index (χ1) is 12.3. The summed E-state index contributed by atoms with van der Waals surface area (Å²) in [6.07, 6.45) is -4.51. The fourth-order valence-corrected chi connectivity index (χ4v) is 2.20. The molecule has 2 aromatic rings. The normalized spacial score (nSPS) is 12.5. The average molecular weight is 367 g/mol. The molecule has 2 aromatic carbocycles. The van der Waals surface area contributed by atoms with E-state index in [0.717, 1.165) is 11.3 Å². The Labute approximate surface area is 149 Å². The van der Waals surface area contributed by atoms with Crippen LogP contribution in [0, 0.1) is 0 Å². The number of para-hydroxylation sites is 1. The number of amides is 1. The van der Waals surface area contributed by atoms with Crippen LogP contribution in [0.5, 0.6) is 11.5 Å². The summed E-state index contributed by atoms with van der Waals surface area (Å²) in [4.78, 5) is 11.8. The number of ether oxygens (including phenoxy) is 2. The van der Waals surface area contributed by atoms with E-state index in [9.17, 15) is 18.0 Å². The van der Waals surface area contributed by atoms with Crippen LogP contribution < -0.4 is 10.1 Å². The minimum absolute atomic E-state index is 0.129. The van der Waals surface area contributed by atoms with Gasteiger partial charge in [0.2, 0.25) is 5.91 Å². The molecule has 0 spiro atoms. The van der Waals surface area contributed by atoms with Crippen molar-refractivity contribution < 1.29 is 27.4 Å². The second-order valence-corrected chi connectivity index (χ2v) is 5.69. The number of carbonyl (C=O) groups is 1. The molecule has 0 saturated heterocycles. The van der Waals surface area contributed by atoms with Gasteiger partial charge in [0.25, 0.3) is 0 Å². The molecule has 1 amide bonds. The first kappa shape index (κ1) is 19.8. The van der Waals surface area contributed by atoms with Crippen molar-refractivity contribution in [3.63, 3.8) is 0 Å². The molecule has 4 nitrogen and oxygen atoms in total. The third-order valence-electron chi connectivity index (χ3n) is 3.48. The first-order valence-electron chi connectivity index (χ1n) is 8.10. The van der Waals surface area contributed by atoms with Crippen LogP contribution in [-0.4, -0.2) is 25.3 Å². The summed E-state index contributed by atoms with van der Waals surface area (Å²) >= 11 is 0. The van der Waals surface area contributed by atoms with Gasteiger partial charge in [-0.1, -0.05) is 30.3 Å². The fourth-order valence-electron chi connectivity index (χ4n) is 2.20. The minimum Gasteiger partial charge on any atom is -0.457 e. The highest BCUT2D eigenvalue weighted by molar-refractivity contribution is 5.76. The van der Waals surface area contributed by atoms with Crippen molar-refractivity contribution in [2.24, 2.45) is 0 Å². The van der Waals surface area contributed by atoms with Crippen LogP contribution in [-0.2, 0) is 9.53 Å². The largest absolute Gasteiger partial charge is 0.457 e. The quantitative estimate of drug-likeness (QED) is 0.693. The van der Waals surface area contributed by atoms with Crippen LogP contribution in [0.2, 0.25) is 0 Å². The number of rotatable bonds is 8. The predicted octanol–water partition coefficient (Wildman–Crippen LogP) is 4.63. The first-order valence-corrected chi connectivity index (χ1v) is 8.10. The lowest BCUT2D eigenvalue weighted by atomic mass is 10.1. The van der Waals surface area contributed by atoms with Crippen LogP contribution >= 0.6 is 0 Å². The predicted molar refractivity (Wildman–Crippen MR) is 91.0 cm³/mol. The monoisotopic (exact) mass is 367 g/mol. The number of carbonyl (C=O) groups excluding carboxylic acids is 1. The van der Waals surface area contributed by atoms with Crippen LogP contribution in [0.3, 0.4) is 0 Å². The Morgan fingerprint density at radius 3 is 2.27 bits per heavy atom. The molecule has 1 atom stereocenters. The van der Waals surface area contributed by atoms with Gasteiger partial charge in [-0.15, -0.1) is 0 Å². The van der Waals surface area contributed by atoms with Crippen LogP contribution in [0.15, 0.2) is 54.6 Å². The van der Waals surface area contributed by atoms with Gasteiger partial charge in [0.1, 0.15) is 18.1 Å². The van der Waals surface area contributed by atoms with Crippen LogP contribution in [0.1, 0.15) is 24.9 Å². The highest BCUT2D eigenvalue weighted by Gasteiger charge is 2.27. The lowest BCUT2D eigenvalue weighted by molar-refractivity contribution is -0.174. The summed E-state index contributed by atoms with van der Waals surface area (Å²) in [7, 11) is 0. The van der Waals surface area contributed by atoms with Gasteiger partial charge in [0.15, 0.2) is 0 Å². The Morgan fingerprint density at radius 1 is 1.04 bits per heavy atom. The van der Waals surface area contributed by atoms with E-state index in [0.29, 0.717) is 5.75 Å². The topological polar surface area (TPSA) is 47.6 Å². The molecule has 0 radical (unpaired) electrons. The zero-order valence-corrected chi connectivity index (χ0v) is 14.3. The number of alkyl halides is 3. The maximum atomic E-state index is 11.9. The lowest BCUT2D eigenvalue weighted by Gasteiger charge is -2.15.